The maximum Gasteiger partial charge on any atom is 0.295 e. The first kappa shape index (κ1) is 18.2. The van der Waals surface area contributed by atoms with Crippen molar-refractivity contribution in [1.29, 1.82) is 0 Å². The number of ether oxygens (including phenoxy) is 1. The lowest BCUT2D eigenvalue weighted by Gasteiger charge is -2.23. The number of carbonyl (C=O) groups is 2. The minimum absolute atomic E-state index is 0.150. The van der Waals surface area contributed by atoms with E-state index in [1.807, 2.05) is 24.4 Å². The lowest BCUT2D eigenvalue weighted by molar-refractivity contribution is -0.139. The zero-order valence-electron chi connectivity index (χ0n) is 14.8. The number of likely N-dealkylation sites (tertiary alicyclic amines) is 1. The predicted molar refractivity (Wildman–Crippen MR) is 101 cm³/mol. The molecule has 3 rings (SSSR count). The first-order chi connectivity index (χ1) is 12.6. The van der Waals surface area contributed by atoms with E-state index in [-0.39, 0.29) is 11.3 Å². The molecule has 1 atom stereocenters. The van der Waals surface area contributed by atoms with Crippen LogP contribution < -0.4 is 4.74 Å². The van der Waals surface area contributed by atoms with Gasteiger partial charge in [0.1, 0.15) is 11.5 Å². The van der Waals surface area contributed by atoms with Crippen LogP contribution in [0.3, 0.4) is 0 Å². The normalized spacial score (nSPS) is 19.2. The van der Waals surface area contributed by atoms with Crippen LogP contribution in [-0.2, 0) is 9.59 Å². The molecule has 1 N–H and O–H groups in total. The van der Waals surface area contributed by atoms with Crippen LogP contribution in [0.25, 0.3) is 5.76 Å². The fourth-order valence-corrected chi connectivity index (χ4v) is 3.93. The van der Waals surface area contributed by atoms with Gasteiger partial charge in [-0.15, -0.1) is 11.3 Å². The number of unbranched alkanes of at least 4 members (excludes halogenated alkanes) is 1. The fourth-order valence-electron chi connectivity index (χ4n) is 3.09. The molecule has 1 amide bonds. The van der Waals surface area contributed by atoms with E-state index < -0.39 is 17.7 Å². The summed E-state index contributed by atoms with van der Waals surface area (Å²) in [5.41, 5.74) is 0.638. The van der Waals surface area contributed by atoms with E-state index in [4.69, 9.17) is 4.74 Å². The highest BCUT2D eigenvalue weighted by Gasteiger charge is 2.46. The molecule has 2 heterocycles. The Morgan fingerprint density at radius 1 is 1.23 bits per heavy atom. The second-order valence-corrected chi connectivity index (χ2v) is 7.07. The van der Waals surface area contributed by atoms with E-state index in [1.54, 1.807) is 36.3 Å². The molecule has 1 aliphatic heterocycles. The van der Waals surface area contributed by atoms with Crippen molar-refractivity contribution >= 4 is 28.8 Å². The molecule has 1 aromatic carbocycles. The third kappa shape index (κ3) is 3.24. The molecule has 1 fully saturated rings. The average molecular weight is 371 g/mol. The van der Waals surface area contributed by atoms with E-state index in [9.17, 15) is 14.7 Å². The molecule has 1 aliphatic rings. The number of nitrogens with zero attached hydrogens (tertiary/aromatic N) is 1. The van der Waals surface area contributed by atoms with Crippen LogP contribution in [0, 0.1) is 0 Å². The van der Waals surface area contributed by atoms with Crippen LogP contribution in [0.2, 0.25) is 0 Å². The summed E-state index contributed by atoms with van der Waals surface area (Å²) in [6, 6.07) is 10.0. The van der Waals surface area contributed by atoms with E-state index in [0.29, 0.717) is 17.9 Å². The predicted octanol–water partition coefficient (Wildman–Crippen LogP) is 3.98. The number of carbonyl (C=O) groups excluding carboxylic acids is 2. The third-order valence-electron chi connectivity index (χ3n) is 4.47. The fraction of sp³-hybridized carbons (Fsp3) is 0.300. The molecule has 0 aliphatic carbocycles. The van der Waals surface area contributed by atoms with Gasteiger partial charge in [-0.3, -0.25) is 9.59 Å². The van der Waals surface area contributed by atoms with Crippen molar-refractivity contribution < 1.29 is 19.4 Å². The number of hydrogen-bond donors (Lipinski definition) is 1. The third-order valence-corrected chi connectivity index (χ3v) is 5.39. The lowest BCUT2D eigenvalue weighted by atomic mass is 10.00. The summed E-state index contributed by atoms with van der Waals surface area (Å²) >= 11 is 1.47. The molecule has 0 spiro atoms. The van der Waals surface area contributed by atoms with Gasteiger partial charge >= 0.3 is 0 Å². The van der Waals surface area contributed by atoms with Crippen LogP contribution in [-0.4, -0.2) is 35.4 Å². The second-order valence-electron chi connectivity index (χ2n) is 6.09. The SMILES string of the molecule is CCCCN1C(=O)C(=O)/C(=C(\O)c2ccc(OC)cc2)C1c1cccs1. The maximum atomic E-state index is 12.7. The topological polar surface area (TPSA) is 66.8 Å². The first-order valence-electron chi connectivity index (χ1n) is 8.54. The summed E-state index contributed by atoms with van der Waals surface area (Å²) in [7, 11) is 1.56. The molecule has 1 aromatic heterocycles. The van der Waals surface area contributed by atoms with Gasteiger partial charge in [-0.05, 0) is 42.1 Å². The number of benzene rings is 1. The van der Waals surface area contributed by atoms with Gasteiger partial charge in [-0.2, -0.15) is 0 Å². The lowest BCUT2D eigenvalue weighted by Crippen LogP contribution is -2.30. The number of aliphatic hydroxyl groups is 1. The largest absolute Gasteiger partial charge is 0.507 e. The number of Topliss-reactive ketones (excluding diaryl/α,β-unsaturated/α-hetero) is 1. The van der Waals surface area contributed by atoms with E-state index >= 15 is 0 Å². The summed E-state index contributed by atoms with van der Waals surface area (Å²) in [5, 5.41) is 12.7. The molecule has 0 bridgehead atoms. The maximum absolute atomic E-state index is 12.7. The van der Waals surface area contributed by atoms with Crippen molar-refractivity contribution in [1.82, 2.24) is 4.90 Å². The molecule has 6 heteroatoms. The van der Waals surface area contributed by atoms with Gasteiger partial charge < -0.3 is 14.7 Å². The van der Waals surface area contributed by atoms with Gasteiger partial charge in [0.25, 0.3) is 11.7 Å². The average Bonchev–Trinajstić information content (AvgIpc) is 3.27. The highest BCUT2D eigenvalue weighted by atomic mass is 32.1. The van der Waals surface area contributed by atoms with Gasteiger partial charge in [0.2, 0.25) is 0 Å². The zero-order chi connectivity index (χ0) is 18.7. The highest BCUT2D eigenvalue weighted by Crippen LogP contribution is 2.41. The van der Waals surface area contributed by atoms with Crippen LogP contribution in [0.4, 0.5) is 0 Å². The summed E-state index contributed by atoms with van der Waals surface area (Å²) in [6.45, 7) is 2.52. The zero-order valence-corrected chi connectivity index (χ0v) is 15.6. The molecule has 1 saturated heterocycles. The standard InChI is InChI=1S/C20H21NO4S/c1-3-4-11-21-17(15-6-5-12-26-15)16(19(23)20(21)24)18(22)13-7-9-14(25-2)10-8-13/h5-10,12,17,22H,3-4,11H2,1-2H3/b18-16-. The van der Waals surface area contributed by atoms with Crippen molar-refractivity contribution in [3.05, 3.63) is 57.8 Å². The number of amides is 1. The van der Waals surface area contributed by atoms with E-state index in [2.05, 4.69) is 0 Å². The Labute approximate surface area is 156 Å². The molecule has 5 nitrogen and oxygen atoms in total. The number of rotatable bonds is 6. The minimum atomic E-state index is -0.632. The molecule has 1 unspecified atom stereocenters. The summed E-state index contributed by atoms with van der Waals surface area (Å²) in [5.74, 6) is -0.678. The summed E-state index contributed by atoms with van der Waals surface area (Å²) in [4.78, 5) is 27.7. The Bertz CT molecular complexity index is 824. The number of methoxy groups -OCH3 is 1. The second kappa shape index (κ2) is 7.74. The Morgan fingerprint density at radius 3 is 2.54 bits per heavy atom. The number of aliphatic hydroxyl groups excluding tert-OH is 1. The van der Waals surface area contributed by atoms with Gasteiger partial charge in [-0.25, -0.2) is 0 Å². The monoisotopic (exact) mass is 371 g/mol. The Balaban J connectivity index is 2.09. The van der Waals surface area contributed by atoms with Crippen LogP contribution >= 0.6 is 11.3 Å². The van der Waals surface area contributed by atoms with Crippen molar-refractivity contribution in [3.63, 3.8) is 0 Å². The summed E-state index contributed by atoms with van der Waals surface area (Å²) < 4.78 is 5.13. The molecule has 2 aromatic rings. The first-order valence-corrected chi connectivity index (χ1v) is 9.42. The highest BCUT2D eigenvalue weighted by molar-refractivity contribution is 7.10. The van der Waals surface area contributed by atoms with E-state index in [1.165, 1.54) is 11.3 Å². The summed E-state index contributed by atoms with van der Waals surface area (Å²) in [6.07, 6.45) is 1.72. The van der Waals surface area contributed by atoms with E-state index in [0.717, 1.165) is 17.7 Å². The van der Waals surface area contributed by atoms with Gasteiger partial charge in [0.15, 0.2) is 0 Å². The van der Waals surface area contributed by atoms with Crippen molar-refractivity contribution in [2.45, 2.75) is 25.8 Å². The number of ketones is 1. The number of thiophene rings is 1. The number of hydrogen-bond acceptors (Lipinski definition) is 5. The van der Waals surface area contributed by atoms with Gasteiger partial charge in [0, 0.05) is 17.0 Å². The molecule has 26 heavy (non-hydrogen) atoms. The molecule has 0 saturated carbocycles. The Hall–Kier alpha value is -2.60. The molecular formula is C20H21NO4S. The van der Waals surface area contributed by atoms with Crippen molar-refractivity contribution in [3.8, 4) is 5.75 Å². The van der Waals surface area contributed by atoms with Gasteiger partial charge in [0.05, 0.1) is 18.7 Å². The minimum Gasteiger partial charge on any atom is -0.507 e. The van der Waals surface area contributed by atoms with Crippen LogP contribution in [0.15, 0.2) is 47.4 Å². The van der Waals surface area contributed by atoms with Crippen LogP contribution in [0.5, 0.6) is 5.75 Å². The van der Waals surface area contributed by atoms with Crippen molar-refractivity contribution in [2.24, 2.45) is 0 Å². The quantitative estimate of drug-likeness (QED) is 0.474. The van der Waals surface area contributed by atoms with Crippen molar-refractivity contribution in [2.75, 3.05) is 13.7 Å². The Morgan fingerprint density at radius 2 is 1.96 bits per heavy atom. The molecular weight excluding hydrogens is 350 g/mol. The smallest absolute Gasteiger partial charge is 0.295 e. The molecule has 136 valence electrons. The van der Waals surface area contributed by atoms with Gasteiger partial charge in [-0.1, -0.05) is 19.4 Å². The Kier molecular flexibility index (Phi) is 5.42. The molecule has 0 radical (unpaired) electrons. The van der Waals surface area contributed by atoms with Crippen LogP contribution in [0.1, 0.15) is 36.2 Å².